The number of carbonyl (C=O) groups is 1. The summed E-state index contributed by atoms with van der Waals surface area (Å²) in [6, 6.07) is 9.64. The van der Waals surface area contributed by atoms with Crippen LogP contribution in [-0.2, 0) is 4.79 Å². The fraction of sp³-hybridized carbons (Fsp3) is 0.0870. The average molecular weight is 486 g/mol. The number of pyridine rings is 1. The monoisotopic (exact) mass is 485 g/mol. The van der Waals surface area contributed by atoms with Crippen LogP contribution in [0.3, 0.4) is 0 Å². The molecule has 4 rings (SSSR count). The maximum Gasteiger partial charge on any atom is 0.247 e. The van der Waals surface area contributed by atoms with Crippen molar-refractivity contribution in [2.24, 2.45) is 0 Å². The zero-order valence-electron chi connectivity index (χ0n) is 17.3. The number of ether oxygens (including phenoxy) is 1. The first-order chi connectivity index (χ1) is 15.9. The lowest BCUT2D eigenvalue weighted by Crippen LogP contribution is -2.10. The molecule has 2 heterocycles. The lowest BCUT2D eigenvalue weighted by molar-refractivity contribution is -0.111. The minimum absolute atomic E-state index is 0.0659. The second-order valence-electron chi connectivity index (χ2n) is 7.04. The van der Waals surface area contributed by atoms with Crippen molar-refractivity contribution in [1.29, 1.82) is 0 Å². The van der Waals surface area contributed by atoms with Gasteiger partial charge in [0.25, 0.3) is 0 Å². The number of nitrogens with zero attached hydrogens (tertiary/aromatic N) is 2. The van der Waals surface area contributed by atoms with Crippen molar-refractivity contribution < 1.29 is 13.9 Å². The van der Waals surface area contributed by atoms with Gasteiger partial charge in [0.1, 0.15) is 17.7 Å². The number of nitrogens with one attached hydrogen (secondary N) is 3. The van der Waals surface area contributed by atoms with Crippen LogP contribution < -0.4 is 15.4 Å². The van der Waals surface area contributed by atoms with Gasteiger partial charge in [-0.1, -0.05) is 35.8 Å². The normalized spacial score (nSPS) is 11.8. The van der Waals surface area contributed by atoms with E-state index < -0.39 is 17.8 Å². The van der Waals surface area contributed by atoms with Gasteiger partial charge in [0, 0.05) is 23.3 Å². The topological polar surface area (TPSA) is 91.9 Å². The Hall–Kier alpha value is -3.62. The number of rotatable bonds is 7. The number of aromatic nitrogens is 3. The van der Waals surface area contributed by atoms with Crippen LogP contribution in [0.2, 0.25) is 10.0 Å². The summed E-state index contributed by atoms with van der Waals surface area (Å²) in [5.41, 5.74) is 1.63. The minimum Gasteiger partial charge on any atom is -0.486 e. The lowest BCUT2D eigenvalue weighted by Gasteiger charge is -2.17. The molecule has 2 aromatic heterocycles. The van der Waals surface area contributed by atoms with Crippen LogP contribution in [0, 0.1) is 5.82 Å². The quantitative estimate of drug-likeness (QED) is 0.263. The van der Waals surface area contributed by atoms with Crippen LogP contribution >= 0.6 is 23.2 Å². The number of aromatic amines is 1. The first kappa shape index (κ1) is 22.6. The molecule has 0 aliphatic heterocycles. The largest absolute Gasteiger partial charge is 0.486 e. The van der Waals surface area contributed by atoms with Crippen molar-refractivity contribution in [3.63, 3.8) is 0 Å². The first-order valence-electron chi connectivity index (χ1n) is 9.80. The summed E-state index contributed by atoms with van der Waals surface area (Å²) in [6.07, 6.45) is 3.65. The van der Waals surface area contributed by atoms with Gasteiger partial charge in [-0.2, -0.15) is 5.10 Å². The van der Waals surface area contributed by atoms with Crippen LogP contribution in [-0.4, -0.2) is 21.1 Å². The van der Waals surface area contributed by atoms with E-state index in [9.17, 15) is 9.18 Å². The fourth-order valence-electron chi connectivity index (χ4n) is 3.29. The molecule has 0 aliphatic carbocycles. The summed E-state index contributed by atoms with van der Waals surface area (Å²) in [7, 11) is 0. The predicted octanol–water partition coefficient (Wildman–Crippen LogP) is 6.41. The smallest absolute Gasteiger partial charge is 0.247 e. The molecule has 4 aromatic rings. The number of hydrogen-bond donors (Lipinski definition) is 3. The van der Waals surface area contributed by atoms with Crippen molar-refractivity contribution in [2.45, 2.75) is 13.0 Å². The average Bonchev–Trinajstić information content (AvgIpc) is 3.18. The zero-order valence-corrected chi connectivity index (χ0v) is 18.8. The van der Waals surface area contributed by atoms with Crippen LogP contribution in [0.25, 0.3) is 10.9 Å². The van der Waals surface area contributed by atoms with E-state index in [1.807, 2.05) is 6.92 Å². The molecule has 2 aromatic carbocycles. The summed E-state index contributed by atoms with van der Waals surface area (Å²) in [6.45, 7) is 5.23. The van der Waals surface area contributed by atoms with E-state index in [0.717, 1.165) is 6.08 Å². The van der Waals surface area contributed by atoms with Gasteiger partial charge in [-0.25, -0.2) is 4.39 Å². The number of H-pyrrole nitrogens is 1. The molecule has 0 bridgehead atoms. The molecular weight excluding hydrogens is 468 g/mol. The summed E-state index contributed by atoms with van der Waals surface area (Å²) in [5, 5.41) is 14.1. The Bertz CT molecular complexity index is 1340. The minimum atomic E-state index is -0.559. The van der Waals surface area contributed by atoms with Gasteiger partial charge in [-0.05, 0) is 43.3 Å². The molecule has 168 valence electrons. The standard InChI is InChI=1S/C23H18Cl2FN5O2/c1-3-20(32)28-19-6-4-5-17(26)22(19)29-23-14-9-13(7-8-18(14)30-31-23)33-12(2)21-15(24)10-27-11-16(21)25/h3-12H,1H2,2H3,(H,28,32)(H2,29,30,31)/t12-/m1/s1. The third-order valence-electron chi connectivity index (χ3n) is 4.84. The molecule has 1 amide bonds. The van der Waals surface area contributed by atoms with Gasteiger partial charge < -0.3 is 15.4 Å². The molecular formula is C23H18Cl2FN5O2. The Morgan fingerprint density at radius 1 is 1.24 bits per heavy atom. The number of halogens is 3. The lowest BCUT2D eigenvalue weighted by atomic mass is 10.1. The number of para-hydroxylation sites is 1. The molecule has 1 atom stereocenters. The van der Waals surface area contributed by atoms with Gasteiger partial charge >= 0.3 is 0 Å². The second kappa shape index (κ2) is 9.48. The maximum absolute atomic E-state index is 14.6. The van der Waals surface area contributed by atoms with Gasteiger partial charge in [-0.3, -0.25) is 14.9 Å². The van der Waals surface area contributed by atoms with Crippen LogP contribution in [0.5, 0.6) is 5.75 Å². The predicted molar refractivity (Wildman–Crippen MR) is 128 cm³/mol. The van der Waals surface area contributed by atoms with Crippen molar-refractivity contribution >= 4 is 57.2 Å². The highest BCUT2D eigenvalue weighted by molar-refractivity contribution is 6.35. The molecule has 0 aliphatic rings. The van der Waals surface area contributed by atoms with Gasteiger partial charge in [0.2, 0.25) is 5.91 Å². The number of carbonyl (C=O) groups excluding carboxylic acids is 1. The van der Waals surface area contributed by atoms with Crippen LogP contribution in [0.1, 0.15) is 18.6 Å². The highest BCUT2D eigenvalue weighted by atomic mass is 35.5. The van der Waals surface area contributed by atoms with E-state index in [1.165, 1.54) is 24.5 Å². The maximum atomic E-state index is 14.6. The zero-order chi connectivity index (χ0) is 23.5. The summed E-state index contributed by atoms with van der Waals surface area (Å²) in [4.78, 5) is 15.7. The van der Waals surface area contributed by atoms with E-state index in [2.05, 4.69) is 32.4 Å². The summed E-state index contributed by atoms with van der Waals surface area (Å²) >= 11 is 12.5. The van der Waals surface area contributed by atoms with Crippen LogP contribution in [0.4, 0.5) is 21.6 Å². The van der Waals surface area contributed by atoms with Crippen molar-refractivity contribution in [3.8, 4) is 5.75 Å². The Labute approximate surface area is 198 Å². The van der Waals surface area contributed by atoms with Crippen molar-refractivity contribution in [2.75, 3.05) is 10.6 Å². The highest BCUT2D eigenvalue weighted by Crippen LogP contribution is 2.35. The Morgan fingerprint density at radius 3 is 2.73 bits per heavy atom. The summed E-state index contributed by atoms with van der Waals surface area (Å²) < 4.78 is 20.6. The second-order valence-corrected chi connectivity index (χ2v) is 7.85. The molecule has 10 heteroatoms. The molecule has 0 saturated carbocycles. The number of hydrogen-bond acceptors (Lipinski definition) is 5. The molecule has 33 heavy (non-hydrogen) atoms. The SMILES string of the molecule is C=CC(=O)Nc1cccc(F)c1Nc1n[nH]c2ccc(O[C@H](C)c3c(Cl)cncc3Cl)cc12. The van der Waals surface area contributed by atoms with Gasteiger partial charge in [0.05, 0.1) is 26.9 Å². The van der Waals surface area contributed by atoms with E-state index in [-0.39, 0.29) is 11.4 Å². The Morgan fingerprint density at radius 2 is 2.00 bits per heavy atom. The fourth-order valence-corrected chi connectivity index (χ4v) is 3.96. The number of fused-ring (bicyclic) bond motifs is 1. The van der Waals surface area contributed by atoms with Gasteiger partial charge in [-0.15, -0.1) is 0 Å². The number of amides is 1. The van der Waals surface area contributed by atoms with E-state index in [4.69, 9.17) is 27.9 Å². The van der Waals surface area contributed by atoms with Crippen molar-refractivity contribution in [3.05, 3.63) is 82.9 Å². The summed E-state index contributed by atoms with van der Waals surface area (Å²) in [5.74, 6) is -0.149. The molecule has 0 radical (unpaired) electrons. The molecule has 0 fully saturated rings. The first-order valence-corrected chi connectivity index (χ1v) is 10.6. The Kier molecular flexibility index (Phi) is 6.48. The molecule has 3 N–H and O–H groups in total. The third kappa shape index (κ3) is 4.76. The number of anilines is 3. The molecule has 0 spiro atoms. The van der Waals surface area contributed by atoms with Crippen LogP contribution in [0.15, 0.2) is 61.4 Å². The molecule has 7 nitrogen and oxygen atoms in total. The van der Waals surface area contributed by atoms with E-state index >= 15 is 0 Å². The number of benzene rings is 2. The van der Waals surface area contributed by atoms with Gasteiger partial charge in [0.15, 0.2) is 5.82 Å². The third-order valence-corrected chi connectivity index (χ3v) is 5.45. The van der Waals surface area contributed by atoms with Crippen molar-refractivity contribution in [1.82, 2.24) is 15.2 Å². The van der Waals surface area contributed by atoms with E-state index in [0.29, 0.717) is 38.1 Å². The highest BCUT2D eigenvalue weighted by Gasteiger charge is 2.18. The molecule has 0 saturated heterocycles. The molecule has 0 unspecified atom stereocenters. The Balaban J connectivity index is 1.65. The van der Waals surface area contributed by atoms with E-state index in [1.54, 1.807) is 24.3 Å².